The zero-order valence-electron chi connectivity index (χ0n) is 15.4. The highest BCUT2D eigenvalue weighted by Crippen LogP contribution is 2.50. The highest BCUT2D eigenvalue weighted by atomic mass is 19.3. The normalized spacial score (nSPS) is 17.9. The van der Waals surface area contributed by atoms with Crippen molar-refractivity contribution in [3.05, 3.63) is 51.2 Å². The number of hydrogen-bond donors (Lipinski definition) is 0. The van der Waals surface area contributed by atoms with Gasteiger partial charge in [0.25, 0.3) is 6.43 Å². The molecule has 1 aromatic carbocycles. The summed E-state index contributed by atoms with van der Waals surface area (Å²) in [6, 6.07) is 6.21. The fraction of sp³-hybridized carbons (Fsp3) is 0.526. The summed E-state index contributed by atoms with van der Waals surface area (Å²) >= 11 is 0. The number of carbonyl (C=O) groups is 1. The lowest BCUT2D eigenvalue weighted by Crippen LogP contribution is -2.45. The number of aryl methyl sites for hydroxylation is 2. The average Bonchev–Trinajstić information content (AvgIpc) is 3.35. The number of alkyl halides is 2. The fourth-order valence-electron chi connectivity index (χ4n) is 4.03. The van der Waals surface area contributed by atoms with E-state index in [1.165, 1.54) is 4.57 Å². The third kappa shape index (κ3) is 3.07. The van der Waals surface area contributed by atoms with Crippen LogP contribution in [0.2, 0.25) is 0 Å². The summed E-state index contributed by atoms with van der Waals surface area (Å²) in [4.78, 5) is 27.1. The zero-order valence-corrected chi connectivity index (χ0v) is 15.4. The summed E-state index contributed by atoms with van der Waals surface area (Å²) in [5.41, 5.74) is 2.26. The molecule has 27 heavy (non-hydrogen) atoms. The Morgan fingerprint density at radius 1 is 1.19 bits per heavy atom. The third-order valence-corrected chi connectivity index (χ3v) is 5.46. The van der Waals surface area contributed by atoms with Crippen molar-refractivity contribution in [2.75, 3.05) is 6.54 Å². The molecule has 0 bridgehead atoms. The van der Waals surface area contributed by atoms with E-state index in [-0.39, 0.29) is 19.0 Å². The molecule has 144 valence electrons. The number of carbonyl (C=O) groups excluding carboxylic acids is 1. The van der Waals surface area contributed by atoms with Crippen molar-refractivity contribution in [3.63, 3.8) is 0 Å². The first-order chi connectivity index (χ1) is 12.8. The van der Waals surface area contributed by atoms with Crippen LogP contribution in [0.5, 0.6) is 0 Å². The number of nitrogens with zero attached hydrogens (tertiary/aromatic N) is 4. The minimum Gasteiger partial charge on any atom is -0.333 e. The molecule has 1 aliphatic heterocycles. The summed E-state index contributed by atoms with van der Waals surface area (Å²) < 4.78 is 27.4. The van der Waals surface area contributed by atoms with E-state index in [2.05, 4.69) is 23.3 Å². The van der Waals surface area contributed by atoms with Crippen LogP contribution in [0.25, 0.3) is 0 Å². The van der Waals surface area contributed by atoms with Gasteiger partial charge in [0.15, 0.2) is 5.82 Å². The van der Waals surface area contributed by atoms with Crippen molar-refractivity contribution < 1.29 is 13.6 Å². The summed E-state index contributed by atoms with van der Waals surface area (Å²) in [6.45, 7) is 4.17. The molecule has 0 radical (unpaired) electrons. The van der Waals surface area contributed by atoms with Crippen LogP contribution in [0.4, 0.5) is 8.78 Å². The Kier molecular flexibility index (Phi) is 4.16. The molecule has 2 aliphatic rings. The third-order valence-electron chi connectivity index (χ3n) is 5.46. The summed E-state index contributed by atoms with van der Waals surface area (Å²) in [5, 5.41) is 4.02. The van der Waals surface area contributed by atoms with Gasteiger partial charge in [0.1, 0.15) is 6.54 Å². The van der Waals surface area contributed by atoms with Crippen LogP contribution >= 0.6 is 0 Å². The van der Waals surface area contributed by atoms with Gasteiger partial charge in [-0.2, -0.15) is 5.10 Å². The van der Waals surface area contributed by atoms with Gasteiger partial charge in [0, 0.05) is 13.1 Å². The van der Waals surface area contributed by atoms with E-state index >= 15 is 0 Å². The fourth-order valence-corrected chi connectivity index (χ4v) is 4.03. The Bertz CT molecular complexity index is 939. The molecule has 1 aliphatic carbocycles. The van der Waals surface area contributed by atoms with E-state index in [9.17, 15) is 18.4 Å². The molecule has 6 nitrogen and oxygen atoms in total. The maximum atomic E-state index is 13.3. The predicted octanol–water partition coefficient (Wildman–Crippen LogP) is 2.00. The van der Waals surface area contributed by atoms with Gasteiger partial charge in [-0.1, -0.05) is 29.3 Å². The first kappa shape index (κ1) is 17.9. The van der Waals surface area contributed by atoms with Crippen molar-refractivity contribution >= 4 is 5.91 Å². The van der Waals surface area contributed by atoms with Gasteiger partial charge in [0.05, 0.1) is 12.0 Å². The first-order valence-corrected chi connectivity index (χ1v) is 9.13. The first-order valence-electron chi connectivity index (χ1n) is 9.13. The van der Waals surface area contributed by atoms with E-state index < -0.39 is 24.1 Å². The van der Waals surface area contributed by atoms with E-state index in [0.717, 1.165) is 34.2 Å². The summed E-state index contributed by atoms with van der Waals surface area (Å²) in [7, 11) is 0. The Balaban J connectivity index is 1.59. The van der Waals surface area contributed by atoms with Crippen LogP contribution in [0, 0.1) is 13.8 Å². The number of fused-ring (bicyclic) bond motifs is 1. The molecule has 1 fully saturated rings. The van der Waals surface area contributed by atoms with E-state index in [1.54, 1.807) is 4.90 Å². The molecule has 1 amide bonds. The van der Waals surface area contributed by atoms with Crippen molar-refractivity contribution in [1.29, 1.82) is 0 Å². The molecule has 0 saturated heterocycles. The molecule has 1 saturated carbocycles. The maximum absolute atomic E-state index is 13.3. The molecular formula is C19H22F2N4O2. The second-order valence-corrected chi connectivity index (χ2v) is 7.61. The van der Waals surface area contributed by atoms with Crippen LogP contribution in [0.3, 0.4) is 0 Å². The molecule has 0 unspecified atom stereocenters. The lowest BCUT2D eigenvalue weighted by Gasteiger charge is -2.30. The Hall–Kier alpha value is -2.51. The molecule has 2 aromatic rings. The van der Waals surface area contributed by atoms with E-state index in [1.807, 2.05) is 13.8 Å². The molecule has 0 N–H and O–H groups in total. The minimum absolute atomic E-state index is 0.0367. The lowest BCUT2D eigenvalue weighted by atomic mass is 9.91. The number of aromatic nitrogens is 3. The molecule has 0 atom stereocenters. The maximum Gasteiger partial charge on any atom is 0.346 e. The summed E-state index contributed by atoms with van der Waals surface area (Å²) in [6.07, 6.45) is -1.04. The Morgan fingerprint density at radius 2 is 1.85 bits per heavy atom. The van der Waals surface area contributed by atoms with Gasteiger partial charge in [-0.25, -0.2) is 18.3 Å². The highest BCUT2D eigenvalue weighted by molar-refractivity contribution is 5.91. The molecule has 0 spiro atoms. The van der Waals surface area contributed by atoms with Crippen molar-refractivity contribution in [3.8, 4) is 0 Å². The lowest BCUT2D eigenvalue weighted by molar-refractivity contribution is -0.135. The zero-order chi connectivity index (χ0) is 19.3. The number of rotatable bonds is 4. The summed E-state index contributed by atoms with van der Waals surface area (Å²) in [5.74, 6) is 0.408. The van der Waals surface area contributed by atoms with Crippen LogP contribution < -0.4 is 5.69 Å². The standard InChI is InChI=1S/C19H22F2N4O2/c1-12-7-13(2)9-14(8-12)19(3-4-19)17(26)23-5-6-24-16(11-23)22-25(18(24)27)10-15(20)21/h7-9,15H,3-6,10-11H2,1-2H3. The Labute approximate surface area is 155 Å². The van der Waals surface area contributed by atoms with Gasteiger partial charge in [-0.15, -0.1) is 0 Å². The topological polar surface area (TPSA) is 60.1 Å². The van der Waals surface area contributed by atoms with E-state index in [4.69, 9.17) is 0 Å². The van der Waals surface area contributed by atoms with Gasteiger partial charge < -0.3 is 4.90 Å². The van der Waals surface area contributed by atoms with Gasteiger partial charge >= 0.3 is 5.69 Å². The number of amides is 1. The quantitative estimate of drug-likeness (QED) is 0.820. The largest absolute Gasteiger partial charge is 0.346 e. The van der Waals surface area contributed by atoms with Gasteiger partial charge in [-0.3, -0.25) is 9.36 Å². The van der Waals surface area contributed by atoms with E-state index in [0.29, 0.717) is 12.4 Å². The molecular weight excluding hydrogens is 354 g/mol. The van der Waals surface area contributed by atoms with Crippen molar-refractivity contribution in [2.45, 2.75) is 58.2 Å². The minimum atomic E-state index is -2.64. The van der Waals surface area contributed by atoms with Gasteiger partial charge in [-0.05, 0) is 32.3 Å². The van der Waals surface area contributed by atoms with Crippen LogP contribution in [-0.2, 0) is 29.8 Å². The molecule has 8 heteroatoms. The molecule has 1 aromatic heterocycles. The predicted molar refractivity (Wildman–Crippen MR) is 94.7 cm³/mol. The SMILES string of the molecule is Cc1cc(C)cc(C2(C(=O)N3CCn4c(nn(CC(F)F)c4=O)C3)CC2)c1. The van der Waals surface area contributed by atoms with Gasteiger partial charge in [0.2, 0.25) is 5.91 Å². The van der Waals surface area contributed by atoms with Crippen LogP contribution in [0.15, 0.2) is 23.0 Å². The second-order valence-electron chi connectivity index (χ2n) is 7.61. The Morgan fingerprint density at radius 3 is 2.44 bits per heavy atom. The van der Waals surface area contributed by atoms with Crippen LogP contribution in [0.1, 0.15) is 35.4 Å². The monoisotopic (exact) mass is 376 g/mol. The number of hydrogen-bond acceptors (Lipinski definition) is 3. The van der Waals surface area contributed by atoms with Crippen molar-refractivity contribution in [2.24, 2.45) is 0 Å². The highest BCUT2D eigenvalue weighted by Gasteiger charge is 2.53. The average molecular weight is 376 g/mol. The number of benzene rings is 1. The number of halogens is 2. The molecule has 2 heterocycles. The second kappa shape index (κ2) is 6.28. The van der Waals surface area contributed by atoms with Crippen LogP contribution in [-0.4, -0.2) is 38.1 Å². The smallest absolute Gasteiger partial charge is 0.333 e. The molecule has 4 rings (SSSR count). The van der Waals surface area contributed by atoms with Crippen molar-refractivity contribution in [1.82, 2.24) is 19.2 Å².